The van der Waals surface area contributed by atoms with Gasteiger partial charge in [0.15, 0.2) is 5.76 Å². The van der Waals surface area contributed by atoms with Gasteiger partial charge in [-0.15, -0.1) is 11.3 Å². The van der Waals surface area contributed by atoms with E-state index in [0.717, 1.165) is 12.8 Å². The second-order valence-electron chi connectivity index (χ2n) is 6.76. The molecule has 0 atom stereocenters. The van der Waals surface area contributed by atoms with E-state index < -0.39 is 0 Å². The Labute approximate surface area is 162 Å². The van der Waals surface area contributed by atoms with Crippen LogP contribution in [-0.4, -0.2) is 47.8 Å². The van der Waals surface area contributed by atoms with Crippen molar-refractivity contribution in [3.05, 3.63) is 59.4 Å². The van der Waals surface area contributed by atoms with Gasteiger partial charge in [0.1, 0.15) is 0 Å². The van der Waals surface area contributed by atoms with Crippen molar-refractivity contribution in [2.75, 3.05) is 26.2 Å². The van der Waals surface area contributed by atoms with E-state index in [0.29, 0.717) is 38.4 Å². The van der Waals surface area contributed by atoms with Crippen molar-refractivity contribution in [2.45, 2.75) is 19.3 Å². The molecule has 0 saturated carbocycles. The molecule has 6 heteroatoms. The van der Waals surface area contributed by atoms with Crippen LogP contribution in [0.25, 0.3) is 10.1 Å². The van der Waals surface area contributed by atoms with Crippen LogP contribution in [0, 0.1) is 0 Å². The number of thiophene rings is 1. The minimum atomic E-state index is -0.101. The molecular formula is C21H22N2O3S. The van der Waals surface area contributed by atoms with Gasteiger partial charge in [-0.25, -0.2) is 0 Å². The molecule has 1 aliphatic rings. The molecule has 2 amide bonds. The highest BCUT2D eigenvalue weighted by Gasteiger charge is 2.25. The molecule has 0 radical (unpaired) electrons. The monoisotopic (exact) mass is 382 g/mol. The molecule has 2 aromatic heterocycles. The van der Waals surface area contributed by atoms with Gasteiger partial charge in [0.25, 0.3) is 5.91 Å². The maximum atomic E-state index is 12.5. The van der Waals surface area contributed by atoms with E-state index >= 15 is 0 Å². The van der Waals surface area contributed by atoms with Gasteiger partial charge in [0.05, 0.1) is 6.26 Å². The second kappa shape index (κ2) is 7.96. The fraction of sp³-hybridized carbons (Fsp3) is 0.333. The van der Waals surface area contributed by atoms with Gasteiger partial charge < -0.3 is 14.2 Å². The van der Waals surface area contributed by atoms with Crippen LogP contribution in [0.5, 0.6) is 0 Å². The number of hydrogen-bond acceptors (Lipinski definition) is 4. The molecule has 1 aromatic carbocycles. The van der Waals surface area contributed by atoms with Gasteiger partial charge in [0, 0.05) is 37.3 Å². The minimum absolute atomic E-state index is 0.101. The zero-order chi connectivity index (χ0) is 18.6. The number of fused-ring (bicyclic) bond motifs is 1. The fourth-order valence-corrected chi connectivity index (χ4v) is 4.53. The summed E-state index contributed by atoms with van der Waals surface area (Å²) in [5.74, 6) is 0.439. The van der Waals surface area contributed by atoms with Crippen molar-refractivity contribution in [2.24, 2.45) is 0 Å². The van der Waals surface area contributed by atoms with Crippen molar-refractivity contribution >= 4 is 33.2 Å². The number of carbonyl (C=O) groups excluding carboxylic acids is 2. The van der Waals surface area contributed by atoms with E-state index in [1.54, 1.807) is 28.4 Å². The SMILES string of the molecule is O=C(CCCc1csc2ccccc12)N1CCN(C(=O)c2ccco2)CC1. The van der Waals surface area contributed by atoms with E-state index in [2.05, 4.69) is 29.6 Å². The van der Waals surface area contributed by atoms with Crippen molar-refractivity contribution in [1.29, 1.82) is 0 Å². The van der Waals surface area contributed by atoms with Crippen LogP contribution in [-0.2, 0) is 11.2 Å². The number of carbonyl (C=O) groups is 2. The quantitative estimate of drug-likeness (QED) is 0.674. The van der Waals surface area contributed by atoms with Gasteiger partial charge in [0.2, 0.25) is 5.91 Å². The third-order valence-corrected chi connectivity index (χ3v) is 6.06. The molecule has 1 aliphatic heterocycles. The first kappa shape index (κ1) is 17.8. The molecule has 4 rings (SSSR count). The third-order valence-electron chi connectivity index (χ3n) is 5.05. The Morgan fingerprint density at radius 1 is 1.00 bits per heavy atom. The Balaban J connectivity index is 1.24. The Hall–Kier alpha value is -2.60. The van der Waals surface area contributed by atoms with E-state index in [1.165, 1.54) is 21.9 Å². The summed E-state index contributed by atoms with van der Waals surface area (Å²) in [6.07, 6.45) is 3.83. The van der Waals surface area contributed by atoms with Crippen LogP contribution in [0.2, 0.25) is 0 Å². The summed E-state index contributed by atoms with van der Waals surface area (Å²) in [7, 11) is 0. The number of hydrogen-bond donors (Lipinski definition) is 0. The molecule has 5 nitrogen and oxygen atoms in total. The van der Waals surface area contributed by atoms with Crippen molar-refractivity contribution in [1.82, 2.24) is 9.80 Å². The number of benzene rings is 1. The lowest BCUT2D eigenvalue weighted by atomic mass is 10.1. The summed E-state index contributed by atoms with van der Waals surface area (Å²) < 4.78 is 6.47. The predicted molar refractivity (Wildman–Crippen MR) is 106 cm³/mol. The number of furan rings is 1. The summed E-state index contributed by atoms with van der Waals surface area (Å²) in [5.41, 5.74) is 1.33. The molecule has 0 unspecified atom stereocenters. The lowest BCUT2D eigenvalue weighted by molar-refractivity contribution is -0.132. The first-order valence-corrected chi connectivity index (χ1v) is 10.2. The molecule has 1 saturated heterocycles. The van der Waals surface area contributed by atoms with E-state index in [4.69, 9.17) is 4.42 Å². The minimum Gasteiger partial charge on any atom is -0.459 e. The highest BCUT2D eigenvalue weighted by Crippen LogP contribution is 2.26. The van der Waals surface area contributed by atoms with Crippen LogP contribution in [0.1, 0.15) is 29.0 Å². The molecule has 0 N–H and O–H groups in total. The number of amides is 2. The predicted octanol–water partition coefficient (Wildman–Crippen LogP) is 3.80. The highest BCUT2D eigenvalue weighted by atomic mass is 32.1. The highest BCUT2D eigenvalue weighted by molar-refractivity contribution is 7.17. The molecular weight excluding hydrogens is 360 g/mol. The summed E-state index contributed by atoms with van der Waals surface area (Å²) in [4.78, 5) is 28.4. The zero-order valence-corrected chi connectivity index (χ0v) is 15.9. The largest absolute Gasteiger partial charge is 0.459 e. The number of piperazine rings is 1. The Morgan fingerprint density at radius 3 is 2.56 bits per heavy atom. The fourth-order valence-electron chi connectivity index (χ4n) is 3.53. The van der Waals surface area contributed by atoms with E-state index in [9.17, 15) is 9.59 Å². The summed E-state index contributed by atoms with van der Waals surface area (Å²) in [6, 6.07) is 11.8. The van der Waals surface area contributed by atoms with Gasteiger partial charge in [-0.05, 0) is 47.4 Å². The first-order valence-electron chi connectivity index (χ1n) is 9.28. The molecule has 3 heterocycles. The normalized spacial score (nSPS) is 14.7. The molecule has 140 valence electrons. The maximum absolute atomic E-state index is 12.5. The van der Waals surface area contributed by atoms with Gasteiger partial charge in [-0.3, -0.25) is 9.59 Å². The smallest absolute Gasteiger partial charge is 0.289 e. The lowest BCUT2D eigenvalue weighted by Gasteiger charge is -2.34. The van der Waals surface area contributed by atoms with Gasteiger partial charge >= 0.3 is 0 Å². The molecule has 3 aromatic rings. The Bertz CT molecular complexity index is 924. The molecule has 1 fully saturated rings. The lowest BCUT2D eigenvalue weighted by Crippen LogP contribution is -2.50. The maximum Gasteiger partial charge on any atom is 0.289 e. The van der Waals surface area contributed by atoms with Crippen LogP contribution < -0.4 is 0 Å². The number of rotatable bonds is 5. The first-order chi connectivity index (χ1) is 13.2. The van der Waals surface area contributed by atoms with Crippen LogP contribution in [0.3, 0.4) is 0 Å². The molecule has 27 heavy (non-hydrogen) atoms. The van der Waals surface area contributed by atoms with Gasteiger partial charge in [-0.2, -0.15) is 0 Å². The molecule has 0 spiro atoms. The summed E-state index contributed by atoms with van der Waals surface area (Å²) in [6.45, 7) is 2.29. The van der Waals surface area contributed by atoms with Gasteiger partial charge in [-0.1, -0.05) is 18.2 Å². The number of nitrogens with zero attached hydrogens (tertiary/aromatic N) is 2. The van der Waals surface area contributed by atoms with Crippen LogP contribution >= 0.6 is 11.3 Å². The third kappa shape index (κ3) is 3.90. The molecule has 0 bridgehead atoms. The zero-order valence-electron chi connectivity index (χ0n) is 15.1. The van der Waals surface area contributed by atoms with Crippen molar-refractivity contribution in [3.63, 3.8) is 0 Å². The van der Waals surface area contributed by atoms with E-state index in [1.807, 2.05) is 4.90 Å². The average Bonchev–Trinajstić information content (AvgIpc) is 3.38. The topological polar surface area (TPSA) is 53.8 Å². The summed E-state index contributed by atoms with van der Waals surface area (Å²) in [5, 5.41) is 3.51. The number of aryl methyl sites for hydroxylation is 1. The second-order valence-corrected chi connectivity index (χ2v) is 7.67. The summed E-state index contributed by atoms with van der Waals surface area (Å²) >= 11 is 1.76. The van der Waals surface area contributed by atoms with E-state index in [-0.39, 0.29) is 11.8 Å². The van der Waals surface area contributed by atoms with Crippen LogP contribution in [0.4, 0.5) is 0 Å². The Morgan fingerprint density at radius 2 is 1.78 bits per heavy atom. The van der Waals surface area contributed by atoms with Crippen LogP contribution in [0.15, 0.2) is 52.5 Å². The van der Waals surface area contributed by atoms with Crippen molar-refractivity contribution < 1.29 is 14.0 Å². The standard InChI is InChI=1S/C21H22N2O3S/c24-20(9-3-5-16-15-27-19-8-2-1-6-17(16)19)22-10-12-23(13-11-22)21(25)18-7-4-14-26-18/h1-2,4,6-8,14-15H,3,5,9-13H2. The molecule has 0 aliphatic carbocycles. The Kier molecular flexibility index (Phi) is 5.25. The average molecular weight is 382 g/mol. The van der Waals surface area contributed by atoms with Crippen molar-refractivity contribution in [3.8, 4) is 0 Å².